The van der Waals surface area contributed by atoms with E-state index < -0.39 is 6.10 Å². The molecular formula is C24H32N2O4. The Hall–Kier alpha value is -2.44. The molecule has 0 amide bonds. The molecule has 2 aliphatic heterocycles. The van der Waals surface area contributed by atoms with Crippen molar-refractivity contribution in [2.75, 3.05) is 57.9 Å². The number of aliphatic hydroxyl groups excluding tert-OH is 1. The average Bonchev–Trinajstić information content (AvgIpc) is 2.92. The number of ether oxygens (including phenoxy) is 3. The SMILES string of the molecule is COc1ccccc1N1CCN(CC(O)c2ccc3c(c2)OCC(C)(C)CO3)CC1. The van der Waals surface area contributed by atoms with E-state index in [4.69, 9.17) is 14.2 Å². The Kier molecular flexibility index (Phi) is 6.06. The zero-order valence-corrected chi connectivity index (χ0v) is 18.1. The van der Waals surface area contributed by atoms with E-state index in [1.807, 2.05) is 36.4 Å². The molecule has 6 nitrogen and oxygen atoms in total. The summed E-state index contributed by atoms with van der Waals surface area (Å²) in [6, 6.07) is 13.9. The number of aliphatic hydroxyl groups is 1. The third kappa shape index (κ3) is 4.65. The van der Waals surface area contributed by atoms with E-state index in [-0.39, 0.29) is 5.41 Å². The first-order valence-corrected chi connectivity index (χ1v) is 10.6. The number of nitrogens with zero attached hydrogens (tertiary/aromatic N) is 2. The molecule has 2 aliphatic rings. The Morgan fingerprint density at radius 3 is 2.43 bits per heavy atom. The summed E-state index contributed by atoms with van der Waals surface area (Å²) in [6.45, 7) is 9.68. The Morgan fingerprint density at radius 1 is 1.00 bits per heavy atom. The van der Waals surface area contributed by atoms with Crippen LogP contribution in [0.15, 0.2) is 42.5 Å². The number of rotatable bonds is 5. The van der Waals surface area contributed by atoms with Crippen molar-refractivity contribution in [1.29, 1.82) is 0 Å². The van der Waals surface area contributed by atoms with Crippen molar-refractivity contribution in [2.45, 2.75) is 20.0 Å². The van der Waals surface area contributed by atoms with Gasteiger partial charge in [0, 0.05) is 38.1 Å². The molecule has 1 unspecified atom stereocenters. The predicted octanol–water partition coefficient (Wildman–Crippen LogP) is 3.35. The van der Waals surface area contributed by atoms with Crippen LogP contribution in [0, 0.1) is 5.41 Å². The van der Waals surface area contributed by atoms with Crippen LogP contribution in [0.25, 0.3) is 0 Å². The number of methoxy groups -OCH3 is 1. The maximum Gasteiger partial charge on any atom is 0.161 e. The molecule has 30 heavy (non-hydrogen) atoms. The monoisotopic (exact) mass is 412 g/mol. The number of hydrogen-bond acceptors (Lipinski definition) is 6. The van der Waals surface area contributed by atoms with Gasteiger partial charge in [-0.05, 0) is 29.8 Å². The molecule has 1 saturated heterocycles. The molecule has 1 fully saturated rings. The average molecular weight is 413 g/mol. The van der Waals surface area contributed by atoms with Crippen LogP contribution in [0.2, 0.25) is 0 Å². The maximum absolute atomic E-state index is 10.8. The highest BCUT2D eigenvalue weighted by Gasteiger charge is 2.26. The highest BCUT2D eigenvalue weighted by Crippen LogP contribution is 2.36. The first kappa shape index (κ1) is 20.8. The lowest BCUT2D eigenvalue weighted by Gasteiger charge is -2.37. The minimum Gasteiger partial charge on any atom is -0.495 e. The van der Waals surface area contributed by atoms with E-state index in [1.54, 1.807) is 7.11 Å². The molecule has 0 aliphatic carbocycles. The second kappa shape index (κ2) is 8.74. The number of β-amino-alcohol motifs (C(OH)–C–C–N with tert-alkyl or cyclic N) is 1. The molecule has 0 saturated carbocycles. The highest BCUT2D eigenvalue weighted by molar-refractivity contribution is 5.58. The van der Waals surface area contributed by atoms with E-state index in [0.29, 0.717) is 19.8 Å². The van der Waals surface area contributed by atoms with Gasteiger partial charge in [0.15, 0.2) is 11.5 Å². The van der Waals surface area contributed by atoms with E-state index in [0.717, 1.165) is 54.7 Å². The number of benzene rings is 2. The fraction of sp³-hybridized carbons (Fsp3) is 0.500. The van der Waals surface area contributed by atoms with Crippen molar-refractivity contribution < 1.29 is 19.3 Å². The summed E-state index contributed by atoms with van der Waals surface area (Å²) < 4.78 is 17.3. The third-order valence-corrected chi connectivity index (χ3v) is 5.82. The number of hydrogen-bond donors (Lipinski definition) is 1. The summed E-state index contributed by atoms with van der Waals surface area (Å²) in [4.78, 5) is 4.65. The Morgan fingerprint density at radius 2 is 1.70 bits per heavy atom. The van der Waals surface area contributed by atoms with Crippen LogP contribution < -0.4 is 19.1 Å². The lowest BCUT2D eigenvalue weighted by Crippen LogP contribution is -2.47. The van der Waals surface area contributed by atoms with E-state index >= 15 is 0 Å². The number of anilines is 1. The first-order chi connectivity index (χ1) is 14.4. The quantitative estimate of drug-likeness (QED) is 0.813. The van der Waals surface area contributed by atoms with Gasteiger partial charge in [0.25, 0.3) is 0 Å². The van der Waals surface area contributed by atoms with Gasteiger partial charge in [-0.2, -0.15) is 0 Å². The molecule has 2 aromatic rings. The third-order valence-electron chi connectivity index (χ3n) is 5.82. The van der Waals surface area contributed by atoms with Crippen LogP contribution in [-0.2, 0) is 0 Å². The lowest BCUT2D eigenvalue weighted by atomic mass is 9.97. The van der Waals surface area contributed by atoms with Gasteiger partial charge in [-0.15, -0.1) is 0 Å². The van der Waals surface area contributed by atoms with Crippen molar-refractivity contribution in [3.63, 3.8) is 0 Å². The van der Waals surface area contributed by atoms with Gasteiger partial charge in [0.1, 0.15) is 5.75 Å². The van der Waals surface area contributed by atoms with E-state index in [2.05, 4.69) is 29.7 Å². The standard InChI is InChI=1S/C24H32N2O4/c1-24(2)16-29-22-9-8-18(14-23(22)30-17-24)20(27)15-25-10-12-26(13-11-25)19-6-4-5-7-21(19)28-3/h4-9,14,20,27H,10-13,15-17H2,1-3H3. The molecule has 2 heterocycles. The smallest absolute Gasteiger partial charge is 0.161 e. The van der Waals surface area contributed by atoms with Crippen LogP contribution in [0.5, 0.6) is 17.2 Å². The van der Waals surface area contributed by atoms with E-state index in [1.165, 1.54) is 0 Å². The molecule has 0 radical (unpaired) electrons. The second-order valence-corrected chi connectivity index (χ2v) is 8.92. The van der Waals surface area contributed by atoms with Crippen LogP contribution in [-0.4, -0.2) is 63.1 Å². The van der Waals surface area contributed by atoms with Gasteiger partial charge in [-0.1, -0.05) is 32.0 Å². The summed E-state index contributed by atoms with van der Waals surface area (Å²) in [7, 11) is 1.71. The minimum atomic E-state index is -0.562. The van der Waals surface area contributed by atoms with Gasteiger partial charge < -0.3 is 24.2 Å². The molecule has 4 rings (SSSR count). The normalized spacial score (nSPS) is 19.8. The molecule has 1 N–H and O–H groups in total. The van der Waals surface area contributed by atoms with Crippen molar-refractivity contribution in [1.82, 2.24) is 4.90 Å². The lowest BCUT2D eigenvalue weighted by molar-refractivity contribution is 0.109. The van der Waals surface area contributed by atoms with Crippen LogP contribution in [0.4, 0.5) is 5.69 Å². The molecular weight excluding hydrogens is 380 g/mol. The van der Waals surface area contributed by atoms with Gasteiger partial charge in [-0.3, -0.25) is 4.90 Å². The van der Waals surface area contributed by atoms with Crippen molar-refractivity contribution in [3.05, 3.63) is 48.0 Å². The largest absolute Gasteiger partial charge is 0.495 e. The van der Waals surface area contributed by atoms with Crippen molar-refractivity contribution in [2.24, 2.45) is 5.41 Å². The molecule has 162 valence electrons. The number of piperazine rings is 1. The molecule has 2 aromatic carbocycles. The van der Waals surface area contributed by atoms with Gasteiger partial charge in [0.05, 0.1) is 32.1 Å². The molecule has 0 bridgehead atoms. The van der Waals surface area contributed by atoms with E-state index in [9.17, 15) is 5.11 Å². The van der Waals surface area contributed by atoms with Gasteiger partial charge >= 0.3 is 0 Å². The zero-order chi connectivity index (χ0) is 21.1. The van der Waals surface area contributed by atoms with Crippen LogP contribution in [0.3, 0.4) is 0 Å². The van der Waals surface area contributed by atoms with Gasteiger partial charge in [0.2, 0.25) is 0 Å². The molecule has 0 spiro atoms. The fourth-order valence-corrected chi connectivity index (χ4v) is 3.96. The zero-order valence-electron chi connectivity index (χ0n) is 18.1. The maximum atomic E-state index is 10.8. The highest BCUT2D eigenvalue weighted by atomic mass is 16.5. The molecule has 6 heteroatoms. The molecule has 0 aromatic heterocycles. The summed E-state index contributed by atoms with van der Waals surface area (Å²) in [5.41, 5.74) is 1.97. The van der Waals surface area contributed by atoms with Gasteiger partial charge in [-0.25, -0.2) is 0 Å². The fourth-order valence-electron chi connectivity index (χ4n) is 3.96. The van der Waals surface area contributed by atoms with Crippen molar-refractivity contribution >= 4 is 5.69 Å². The minimum absolute atomic E-state index is 0.0289. The van der Waals surface area contributed by atoms with Crippen molar-refractivity contribution in [3.8, 4) is 17.2 Å². The number of fused-ring (bicyclic) bond motifs is 1. The predicted molar refractivity (Wildman–Crippen MR) is 118 cm³/mol. The second-order valence-electron chi connectivity index (χ2n) is 8.92. The number of para-hydroxylation sites is 2. The topological polar surface area (TPSA) is 54.4 Å². The summed E-state index contributed by atoms with van der Waals surface area (Å²) in [6.07, 6.45) is -0.562. The van der Waals surface area contributed by atoms with Crippen LogP contribution in [0.1, 0.15) is 25.5 Å². The summed E-state index contributed by atoms with van der Waals surface area (Å²) in [5.74, 6) is 2.38. The van der Waals surface area contributed by atoms with Crippen LogP contribution >= 0.6 is 0 Å². The Labute approximate surface area is 179 Å². The first-order valence-electron chi connectivity index (χ1n) is 10.6. The Bertz CT molecular complexity index is 862. The Balaban J connectivity index is 1.35. The molecule has 1 atom stereocenters. The summed E-state index contributed by atoms with van der Waals surface area (Å²) >= 11 is 0. The summed E-state index contributed by atoms with van der Waals surface area (Å²) in [5, 5.41) is 10.8.